The van der Waals surface area contributed by atoms with Crippen molar-refractivity contribution in [1.29, 1.82) is 0 Å². The van der Waals surface area contributed by atoms with Crippen molar-refractivity contribution in [3.8, 4) is 28.2 Å². The maximum atomic E-state index is 5.15. The highest BCUT2D eigenvalue weighted by Crippen LogP contribution is 2.38. The molecule has 0 atom stereocenters. The van der Waals surface area contributed by atoms with Crippen LogP contribution in [0.4, 0.5) is 17.1 Å². The highest BCUT2D eigenvalue weighted by atomic mass is 15.1. The van der Waals surface area contributed by atoms with Gasteiger partial charge in [0.15, 0.2) is 0 Å². The Morgan fingerprint density at radius 2 is 0.918 bits per heavy atom. The minimum absolute atomic E-state index is 0.871. The molecule has 0 unspecified atom stereocenters. The molecule has 0 fully saturated rings. The molecule has 2 heterocycles. The van der Waals surface area contributed by atoms with Crippen LogP contribution in [0, 0.1) is 6.92 Å². The highest BCUT2D eigenvalue weighted by Gasteiger charge is 2.17. The van der Waals surface area contributed by atoms with E-state index in [0.717, 1.165) is 56.3 Å². The fraction of sp³-hybridized carbons (Fsp3) is 0.0222. The second-order valence-electron chi connectivity index (χ2n) is 12.4. The molecule has 2 aromatic heterocycles. The molecular weight excluding hydrogens is 597 g/mol. The third-order valence-corrected chi connectivity index (χ3v) is 9.23. The molecule has 4 nitrogen and oxygen atoms in total. The Labute approximate surface area is 285 Å². The van der Waals surface area contributed by atoms with Crippen LogP contribution in [0.1, 0.15) is 5.56 Å². The average Bonchev–Trinajstić information content (AvgIpc) is 3.50. The number of hydrogen-bond acceptors (Lipinski definition) is 3. The first-order chi connectivity index (χ1) is 24.2. The van der Waals surface area contributed by atoms with Gasteiger partial charge in [-0.3, -0.25) is 0 Å². The minimum Gasteiger partial charge on any atom is -0.311 e. The molecule has 232 valence electrons. The zero-order valence-electron chi connectivity index (χ0n) is 27.0. The lowest BCUT2D eigenvalue weighted by atomic mass is 10.0. The Hall–Kier alpha value is -6.52. The van der Waals surface area contributed by atoms with E-state index in [9.17, 15) is 0 Å². The van der Waals surface area contributed by atoms with Crippen molar-refractivity contribution >= 4 is 49.9 Å². The highest BCUT2D eigenvalue weighted by molar-refractivity contribution is 6.09. The topological polar surface area (TPSA) is 34.0 Å². The van der Waals surface area contributed by atoms with Crippen molar-refractivity contribution in [2.24, 2.45) is 0 Å². The molecule has 7 aromatic carbocycles. The third kappa shape index (κ3) is 5.11. The van der Waals surface area contributed by atoms with Crippen molar-refractivity contribution in [1.82, 2.24) is 14.5 Å². The molecule has 0 amide bonds. The number of nitrogens with zero attached hydrogens (tertiary/aromatic N) is 4. The molecule has 9 aromatic rings. The van der Waals surface area contributed by atoms with Gasteiger partial charge < -0.3 is 9.47 Å². The molecule has 0 radical (unpaired) electrons. The standard InChI is InChI=1S/C45H32N4/c1-31-20-29-40-41(30-31)47-44(32-12-4-2-5-13-32)45(46-40)33-21-23-35(24-22-33)48(34-14-6-3-7-15-34)36-25-27-37(28-26-36)49-42-18-10-8-16-38(42)39-17-9-11-19-43(39)49/h2-30H,1H3. The number of aryl methyl sites for hydroxylation is 1. The van der Waals surface area contributed by atoms with Gasteiger partial charge in [0.25, 0.3) is 0 Å². The van der Waals surface area contributed by atoms with Crippen LogP contribution in [0.5, 0.6) is 0 Å². The summed E-state index contributed by atoms with van der Waals surface area (Å²) < 4.78 is 2.35. The first-order valence-corrected chi connectivity index (χ1v) is 16.6. The number of fused-ring (bicyclic) bond motifs is 4. The van der Waals surface area contributed by atoms with Crippen LogP contribution in [0.3, 0.4) is 0 Å². The van der Waals surface area contributed by atoms with Gasteiger partial charge in [-0.15, -0.1) is 0 Å². The van der Waals surface area contributed by atoms with Gasteiger partial charge in [-0.1, -0.05) is 103 Å². The molecule has 0 aliphatic carbocycles. The summed E-state index contributed by atoms with van der Waals surface area (Å²) in [4.78, 5) is 12.6. The van der Waals surface area contributed by atoms with E-state index in [1.807, 2.05) is 6.07 Å². The Kier molecular flexibility index (Phi) is 6.98. The summed E-state index contributed by atoms with van der Waals surface area (Å²) >= 11 is 0. The number of aromatic nitrogens is 3. The Morgan fingerprint density at radius 1 is 0.429 bits per heavy atom. The predicted octanol–water partition coefficient (Wildman–Crippen LogP) is 11.8. The molecule has 0 N–H and O–H groups in total. The Bertz CT molecular complexity index is 2540. The normalized spacial score (nSPS) is 11.4. The minimum atomic E-state index is 0.871. The summed E-state index contributed by atoms with van der Waals surface area (Å²) in [5, 5.41) is 2.52. The Balaban J connectivity index is 1.13. The van der Waals surface area contributed by atoms with E-state index in [1.165, 1.54) is 27.4 Å². The summed E-state index contributed by atoms with van der Waals surface area (Å²) in [6.45, 7) is 2.09. The van der Waals surface area contributed by atoms with Gasteiger partial charge in [-0.2, -0.15) is 0 Å². The van der Waals surface area contributed by atoms with Crippen LogP contribution in [0.25, 0.3) is 61.0 Å². The van der Waals surface area contributed by atoms with Crippen LogP contribution >= 0.6 is 0 Å². The maximum Gasteiger partial charge on any atom is 0.0973 e. The summed E-state index contributed by atoms with van der Waals surface area (Å²) in [7, 11) is 0. The Morgan fingerprint density at radius 3 is 1.55 bits per heavy atom. The second-order valence-corrected chi connectivity index (χ2v) is 12.4. The van der Waals surface area contributed by atoms with Gasteiger partial charge in [0.2, 0.25) is 0 Å². The van der Waals surface area contributed by atoms with E-state index in [4.69, 9.17) is 9.97 Å². The average molecular weight is 629 g/mol. The zero-order valence-corrected chi connectivity index (χ0v) is 27.0. The lowest BCUT2D eigenvalue weighted by Gasteiger charge is -2.26. The zero-order chi connectivity index (χ0) is 32.7. The second kappa shape index (κ2) is 11.9. The number of anilines is 3. The number of rotatable bonds is 6. The fourth-order valence-electron chi connectivity index (χ4n) is 6.91. The van der Waals surface area contributed by atoms with Crippen molar-refractivity contribution in [2.75, 3.05) is 4.90 Å². The first-order valence-electron chi connectivity index (χ1n) is 16.6. The largest absolute Gasteiger partial charge is 0.311 e. The molecule has 0 bridgehead atoms. The number of benzene rings is 7. The summed E-state index contributed by atoms with van der Waals surface area (Å²) in [6, 6.07) is 61.9. The SMILES string of the molecule is Cc1ccc2nc(-c3ccc(N(c4ccccc4)c4ccc(-n5c6ccccc6c6ccccc65)cc4)cc3)c(-c3ccccc3)nc2c1. The van der Waals surface area contributed by atoms with Crippen LogP contribution < -0.4 is 4.90 Å². The van der Waals surface area contributed by atoms with Gasteiger partial charge in [-0.05, 0) is 85.3 Å². The van der Waals surface area contributed by atoms with E-state index in [2.05, 4.69) is 186 Å². The van der Waals surface area contributed by atoms with Crippen LogP contribution in [0.15, 0.2) is 176 Å². The van der Waals surface area contributed by atoms with Crippen molar-refractivity contribution < 1.29 is 0 Å². The quantitative estimate of drug-likeness (QED) is 0.184. The lowest BCUT2D eigenvalue weighted by Crippen LogP contribution is -2.10. The number of hydrogen-bond donors (Lipinski definition) is 0. The molecule has 0 saturated heterocycles. The summed E-state index contributed by atoms with van der Waals surface area (Å²) in [6.07, 6.45) is 0. The first kappa shape index (κ1) is 28.7. The summed E-state index contributed by atoms with van der Waals surface area (Å²) in [5.74, 6) is 0. The van der Waals surface area contributed by atoms with Gasteiger partial charge in [0.05, 0.1) is 33.5 Å². The van der Waals surface area contributed by atoms with E-state index in [1.54, 1.807) is 0 Å². The van der Waals surface area contributed by atoms with Crippen LogP contribution in [-0.4, -0.2) is 14.5 Å². The van der Waals surface area contributed by atoms with Gasteiger partial charge in [0, 0.05) is 44.6 Å². The van der Waals surface area contributed by atoms with Crippen LogP contribution in [0.2, 0.25) is 0 Å². The molecule has 0 saturated carbocycles. The monoisotopic (exact) mass is 628 g/mol. The van der Waals surface area contributed by atoms with Gasteiger partial charge >= 0.3 is 0 Å². The molecule has 4 heteroatoms. The van der Waals surface area contributed by atoms with E-state index in [0.29, 0.717) is 0 Å². The van der Waals surface area contributed by atoms with Crippen molar-refractivity contribution in [3.63, 3.8) is 0 Å². The molecular formula is C45H32N4. The maximum absolute atomic E-state index is 5.15. The molecule has 0 aliphatic heterocycles. The van der Waals surface area contributed by atoms with Gasteiger partial charge in [-0.25, -0.2) is 9.97 Å². The molecule has 49 heavy (non-hydrogen) atoms. The molecule has 0 spiro atoms. The van der Waals surface area contributed by atoms with Crippen LogP contribution in [-0.2, 0) is 0 Å². The van der Waals surface area contributed by atoms with E-state index < -0.39 is 0 Å². The fourth-order valence-corrected chi connectivity index (χ4v) is 6.91. The molecule has 9 rings (SSSR count). The van der Waals surface area contributed by atoms with Crippen molar-refractivity contribution in [2.45, 2.75) is 6.92 Å². The van der Waals surface area contributed by atoms with Crippen molar-refractivity contribution in [3.05, 3.63) is 181 Å². The van der Waals surface area contributed by atoms with E-state index >= 15 is 0 Å². The van der Waals surface area contributed by atoms with Gasteiger partial charge in [0.1, 0.15) is 0 Å². The third-order valence-electron chi connectivity index (χ3n) is 9.23. The number of para-hydroxylation sites is 3. The molecule has 0 aliphatic rings. The predicted molar refractivity (Wildman–Crippen MR) is 204 cm³/mol. The lowest BCUT2D eigenvalue weighted by molar-refractivity contribution is 1.17. The summed E-state index contributed by atoms with van der Waals surface area (Å²) in [5.41, 5.74) is 13.5. The smallest absolute Gasteiger partial charge is 0.0973 e. The van der Waals surface area contributed by atoms with E-state index in [-0.39, 0.29) is 0 Å².